The number of esters is 1. The van der Waals surface area contributed by atoms with Crippen LogP contribution in [0.1, 0.15) is 24.4 Å². The lowest BCUT2D eigenvalue weighted by molar-refractivity contribution is -0.143. The number of carbonyl (C=O) groups is 1. The third kappa shape index (κ3) is 2.58. The minimum absolute atomic E-state index is 0.363. The number of aryl methyl sites for hydroxylation is 1. The topological polar surface area (TPSA) is 59.9 Å². The second-order valence-corrected chi connectivity index (χ2v) is 4.39. The van der Waals surface area contributed by atoms with Crippen LogP contribution >= 0.6 is 12.2 Å². The summed E-state index contributed by atoms with van der Waals surface area (Å²) in [5.41, 5.74) is 0.821. The fourth-order valence-electron chi connectivity index (χ4n) is 1.99. The Labute approximate surface area is 116 Å². The van der Waals surface area contributed by atoms with Crippen LogP contribution in [-0.4, -0.2) is 27.8 Å². The number of H-pyrrole nitrogens is 1. The van der Waals surface area contributed by atoms with Gasteiger partial charge in [0.25, 0.3) is 0 Å². The average Bonchev–Trinajstić information content (AvgIpc) is 2.81. The van der Waals surface area contributed by atoms with Gasteiger partial charge < -0.3 is 4.74 Å². The summed E-state index contributed by atoms with van der Waals surface area (Å²) >= 11 is 5.22. The summed E-state index contributed by atoms with van der Waals surface area (Å²) in [6.45, 7) is 1.96. The molecule has 0 aliphatic carbocycles. The van der Waals surface area contributed by atoms with Crippen molar-refractivity contribution in [3.05, 3.63) is 46.5 Å². The molecule has 100 valence electrons. The van der Waals surface area contributed by atoms with E-state index in [1.165, 1.54) is 7.11 Å². The smallest absolute Gasteiger partial charge is 0.333 e. The Hall–Kier alpha value is -1.95. The molecule has 0 spiro atoms. The summed E-state index contributed by atoms with van der Waals surface area (Å²) in [4.78, 5) is 12.1. The molecule has 5 nitrogen and oxygen atoms in total. The quantitative estimate of drug-likeness (QED) is 0.688. The van der Waals surface area contributed by atoms with Gasteiger partial charge in [-0.3, -0.25) is 9.67 Å². The normalized spacial score (nSPS) is 12.1. The second kappa shape index (κ2) is 5.79. The van der Waals surface area contributed by atoms with Crippen LogP contribution in [0.3, 0.4) is 0 Å². The van der Waals surface area contributed by atoms with E-state index in [0.29, 0.717) is 11.2 Å². The number of aromatic amines is 1. The van der Waals surface area contributed by atoms with Gasteiger partial charge in [-0.25, -0.2) is 4.79 Å². The highest BCUT2D eigenvalue weighted by molar-refractivity contribution is 7.71. The number of hydrogen-bond donors (Lipinski definition) is 1. The number of nitrogens with zero attached hydrogens (tertiary/aromatic N) is 2. The summed E-state index contributed by atoms with van der Waals surface area (Å²) in [5, 5.41) is 6.86. The first-order valence-electron chi connectivity index (χ1n) is 5.97. The van der Waals surface area contributed by atoms with Crippen molar-refractivity contribution in [3.63, 3.8) is 0 Å². The summed E-state index contributed by atoms with van der Waals surface area (Å²) < 4.78 is 7.02. The number of aromatic nitrogens is 3. The van der Waals surface area contributed by atoms with Crippen LogP contribution in [0.2, 0.25) is 0 Å². The standard InChI is InChI=1S/C13H15N3O2S/c1-3-10-14-15-13(19)16(10)11(12(17)18-2)9-7-5-4-6-8-9/h4-8,11H,3H2,1-2H3,(H,15,19). The molecule has 0 bridgehead atoms. The molecule has 1 heterocycles. The van der Waals surface area contributed by atoms with Crippen molar-refractivity contribution in [1.82, 2.24) is 14.8 Å². The minimum atomic E-state index is -0.604. The first-order valence-corrected chi connectivity index (χ1v) is 6.38. The molecule has 1 unspecified atom stereocenters. The Morgan fingerprint density at radius 1 is 1.47 bits per heavy atom. The van der Waals surface area contributed by atoms with Gasteiger partial charge in [-0.05, 0) is 17.8 Å². The SMILES string of the molecule is CCc1n[nH]c(=S)n1C(C(=O)OC)c1ccccc1. The Kier molecular flexibility index (Phi) is 4.11. The van der Waals surface area contributed by atoms with Gasteiger partial charge in [-0.2, -0.15) is 5.10 Å². The van der Waals surface area contributed by atoms with Crippen LogP contribution in [0.15, 0.2) is 30.3 Å². The Morgan fingerprint density at radius 2 is 2.16 bits per heavy atom. The third-order valence-corrected chi connectivity index (χ3v) is 3.18. The zero-order chi connectivity index (χ0) is 13.8. The van der Waals surface area contributed by atoms with Gasteiger partial charge in [-0.1, -0.05) is 37.3 Å². The van der Waals surface area contributed by atoms with Gasteiger partial charge in [0.1, 0.15) is 5.82 Å². The van der Waals surface area contributed by atoms with Crippen molar-refractivity contribution in [2.45, 2.75) is 19.4 Å². The van der Waals surface area contributed by atoms with Crippen molar-refractivity contribution in [2.24, 2.45) is 0 Å². The Balaban J connectivity index is 2.59. The molecule has 2 rings (SSSR count). The van der Waals surface area contributed by atoms with Crippen LogP contribution in [0.25, 0.3) is 0 Å². The molecule has 0 amide bonds. The summed E-state index contributed by atoms with van der Waals surface area (Å²) in [6.07, 6.45) is 0.674. The summed E-state index contributed by atoms with van der Waals surface area (Å²) in [6, 6.07) is 8.78. The summed E-state index contributed by atoms with van der Waals surface area (Å²) in [7, 11) is 1.37. The molecule has 0 aliphatic heterocycles. The number of ether oxygens (including phenoxy) is 1. The third-order valence-electron chi connectivity index (χ3n) is 2.89. The molecule has 0 saturated heterocycles. The van der Waals surface area contributed by atoms with E-state index in [2.05, 4.69) is 10.2 Å². The maximum atomic E-state index is 12.1. The fourth-order valence-corrected chi connectivity index (χ4v) is 2.25. The van der Waals surface area contributed by atoms with Gasteiger partial charge in [0.15, 0.2) is 10.8 Å². The highest BCUT2D eigenvalue weighted by Crippen LogP contribution is 2.21. The predicted molar refractivity (Wildman–Crippen MR) is 73.4 cm³/mol. The largest absolute Gasteiger partial charge is 0.467 e. The monoisotopic (exact) mass is 277 g/mol. The maximum Gasteiger partial charge on any atom is 0.333 e. The highest BCUT2D eigenvalue weighted by atomic mass is 32.1. The van der Waals surface area contributed by atoms with E-state index in [0.717, 1.165) is 11.4 Å². The lowest BCUT2D eigenvalue weighted by Crippen LogP contribution is -2.24. The van der Waals surface area contributed by atoms with Crippen molar-refractivity contribution in [3.8, 4) is 0 Å². The first-order chi connectivity index (χ1) is 9.19. The van der Waals surface area contributed by atoms with E-state index in [1.54, 1.807) is 4.57 Å². The van der Waals surface area contributed by atoms with E-state index in [-0.39, 0.29) is 5.97 Å². The van der Waals surface area contributed by atoms with Gasteiger partial charge in [-0.15, -0.1) is 0 Å². The van der Waals surface area contributed by atoms with Crippen LogP contribution in [0.5, 0.6) is 0 Å². The highest BCUT2D eigenvalue weighted by Gasteiger charge is 2.26. The molecule has 0 radical (unpaired) electrons. The number of benzene rings is 1. The van der Waals surface area contributed by atoms with Crippen molar-refractivity contribution < 1.29 is 9.53 Å². The van der Waals surface area contributed by atoms with Gasteiger partial charge in [0.2, 0.25) is 0 Å². The number of carbonyl (C=O) groups excluding carboxylic acids is 1. The second-order valence-electron chi connectivity index (χ2n) is 4.00. The molecule has 19 heavy (non-hydrogen) atoms. The van der Waals surface area contributed by atoms with Crippen molar-refractivity contribution >= 4 is 18.2 Å². The number of methoxy groups -OCH3 is 1. The van der Waals surface area contributed by atoms with Crippen molar-refractivity contribution in [2.75, 3.05) is 7.11 Å². The lowest BCUT2D eigenvalue weighted by atomic mass is 10.1. The van der Waals surface area contributed by atoms with Crippen LogP contribution < -0.4 is 0 Å². The number of nitrogens with one attached hydrogen (secondary N) is 1. The molecule has 1 aromatic heterocycles. The van der Waals surface area contributed by atoms with E-state index in [9.17, 15) is 4.79 Å². The molecule has 1 aromatic carbocycles. The zero-order valence-electron chi connectivity index (χ0n) is 10.8. The summed E-state index contributed by atoms with van der Waals surface area (Å²) in [5.74, 6) is 0.364. The number of rotatable bonds is 4. The molecule has 0 saturated carbocycles. The molecule has 2 aromatic rings. The first kappa shape index (κ1) is 13.5. The minimum Gasteiger partial charge on any atom is -0.467 e. The molecule has 0 fully saturated rings. The van der Waals surface area contributed by atoms with Gasteiger partial charge in [0.05, 0.1) is 7.11 Å². The van der Waals surface area contributed by atoms with Gasteiger partial charge in [0, 0.05) is 6.42 Å². The van der Waals surface area contributed by atoms with E-state index < -0.39 is 6.04 Å². The molecular formula is C13H15N3O2S. The van der Waals surface area contributed by atoms with E-state index in [1.807, 2.05) is 37.3 Å². The zero-order valence-corrected chi connectivity index (χ0v) is 11.6. The Morgan fingerprint density at radius 3 is 2.74 bits per heavy atom. The lowest BCUT2D eigenvalue weighted by Gasteiger charge is -2.17. The number of hydrogen-bond acceptors (Lipinski definition) is 4. The van der Waals surface area contributed by atoms with Crippen LogP contribution in [0.4, 0.5) is 0 Å². The molecule has 1 atom stereocenters. The van der Waals surface area contributed by atoms with E-state index >= 15 is 0 Å². The maximum absolute atomic E-state index is 12.1. The predicted octanol–water partition coefficient (Wildman–Crippen LogP) is 2.27. The van der Waals surface area contributed by atoms with Crippen LogP contribution in [0, 0.1) is 4.77 Å². The van der Waals surface area contributed by atoms with Crippen molar-refractivity contribution in [1.29, 1.82) is 0 Å². The average molecular weight is 277 g/mol. The van der Waals surface area contributed by atoms with Gasteiger partial charge >= 0.3 is 5.97 Å². The van der Waals surface area contributed by atoms with E-state index in [4.69, 9.17) is 17.0 Å². The molecule has 1 N–H and O–H groups in total. The van der Waals surface area contributed by atoms with Crippen LogP contribution in [-0.2, 0) is 16.0 Å². The molecular weight excluding hydrogens is 262 g/mol. The molecule has 0 aliphatic rings. The Bertz CT molecular complexity index is 618. The fraction of sp³-hybridized carbons (Fsp3) is 0.308. The molecule has 6 heteroatoms.